The summed E-state index contributed by atoms with van der Waals surface area (Å²) in [5.41, 5.74) is 0. The largest absolute Gasteiger partial charge is 0.358 e. The highest BCUT2D eigenvalue weighted by Gasteiger charge is 1.63. The topological polar surface area (TPSA) is 33.0 Å². The lowest BCUT2D eigenvalue weighted by Gasteiger charge is -1.72. The first-order chi connectivity index (χ1) is 2.41. The maximum absolute atomic E-state index is 7.61. The van der Waals surface area contributed by atoms with Crippen molar-refractivity contribution in [3.8, 4) is 6.07 Å². The Hall–Kier alpha value is -0.550. The molecule has 0 aromatic heterocycles. The molecule has 0 rings (SSSR count). The van der Waals surface area contributed by atoms with Crippen LogP contribution in [0.2, 0.25) is 0 Å². The molecule has 0 N–H and O–H groups in total. The number of nitriles is 1. The molecule has 0 saturated heterocycles. The molecule has 0 spiro atoms. The highest BCUT2D eigenvalue weighted by molar-refractivity contribution is 4.65. The van der Waals surface area contributed by atoms with Gasteiger partial charge >= 0.3 is 0 Å². The second-order valence-electron chi connectivity index (χ2n) is 0.469. The zero-order valence-electron chi connectivity index (χ0n) is 2.64. The summed E-state index contributed by atoms with van der Waals surface area (Å²) in [5, 5.41) is 7.61. The molecule has 0 saturated carbocycles. The summed E-state index contributed by atoms with van der Waals surface area (Å²) in [6.07, 6.45) is 0. The minimum absolute atomic E-state index is 0.0278. The van der Waals surface area contributed by atoms with Crippen LogP contribution in [0.25, 0.3) is 0 Å². The van der Waals surface area contributed by atoms with Gasteiger partial charge in [0.2, 0.25) is 0 Å². The second-order valence-corrected chi connectivity index (χ2v) is 0.469. The fourth-order valence-corrected chi connectivity index (χ4v) is 0.0373. The zero-order valence-corrected chi connectivity index (χ0v) is 2.64. The Labute approximate surface area is 31.0 Å². The Morgan fingerprint density at radius 2 is 2.60 bits per heavy atom. The molecular weight excluding hydrogens is 66.0 g/mol. The third-order valence-corrected chi connectivity index (χ3v) is 0.148. The average Bonchev–Trinajstić information content (AvgIpc) is 1.41. The Kier molecular flexibility index (Phi) is 3.07. The van der Waals surface area contributed by atoms with Gasteiger partial charge in [0.15, 0.2) is 0 Å². The van der Waals surface area contributed by atoms with Gasteiger partial charge in [-0.05, 0) is 0 Å². The molecule has 2 nitrogen and oxygen atoms in total. The van der Waals surface area contributed by atoms with Gasteiger partial charge in [-0.25, -0.2) is 0 Å². The molecule has 0 aliphatic rings. The van der Waals surface area contributed by atoms with Gasteiger partial charge in [-0.15, -0.1) is 0 Å². The highest BCUT2D eigenvalue weighted by atomic mass is 16.5. The lowest BCUT2D eigenvalue weighted by Crippen LogP contribution is -1.74. The summed E-state index contributed by atoms with van der Waals surface area (Å²) >= 11 is 0. The smallest absolute Gasteiger partial charge is 0.134 e. The summed E-state index contributed by atoms with van der Waals surface area (Å²) in [6, 6.07) is 1.67. The van der Waals surface area contributed by atoms with Crippen LogP contribution in [-0.2, 0) is 4.74 Å². The number of ether oxygens (including phenoxy) is 1. The van der Waals surface area contributed by atoms with Crippen molar-refractivity contribution < 1.29 is 4.74 Å². The molecule has 0 fully saturated rings. The fourth-order valence-electron chi connectivity index (χ4n) is 0.0373. The third-order valence-electron chi connectivity index (χ3n) is 0.148. The van der Waals surface area contributed by atoms with Gasteiger partial charge in [0.1, 0.15) is 13.7 Å². The predicted molar refractivity (Wildman–Crippen MR) is 15.9 cm³/mol. The standard InChI is InChI=1S/C3H3NO/c1-5-3-2-4/h1H,3H2. The van der Waals surface area contributed by atoms with Crippen molar-refractivity contribution in [2.24, 2.45) is 0 Å². The van der Waals surface area contributed by atoms with E-state index in [-0.39, 0.29) is 6.61 Å². The number of hydrogen-bond acceptors (Lipinski definition) is 2. The van der Waals surface area contributed by atoms with Crippen LogP contribution in [0.15, 0.2) is 0 Å². The van der Waals surface area contributed by atoms with E-state index in [0.29, 0.717) is 0 Å². The van der Waals surface area contributed by atoms with Gasteiger partial charge in [0, 0.05) is 0 Å². The van der Waals surface area contributed by atoms with Crippen LogP contribution in [0.3, 0.4) is 0 Å². The second kappa shape index (κ2) is 3.45. The number of hydrogen-bond donors (Lipinski definition) is 0. The lowest BCUT2D eigenvalue weighted by atomic mass is 10.8. The summed E-state index contributed by atoms with van der Waals surface area (Å²) in [6.45, 7) is -0.0278. The van der Waals surface area contributed by atoms with Crippen molar-refractivity contribution in [1.82, 2.24) is 0 Å². The van der Waals surface area contributed by atoms with Crippen molar-refractivity contribution >= 4 is 0 Å². The van der Waals surface area contributed by atoms with E-state index in [0.717, 1.165) is 0 Å². The van der Waals surface area contributed by atoms with E-state index in [4.69, 9.17) is 5.26 Å². The molecule has 0 amide bonds. The predicted octanol–water partition coefficient (Wildman–Crippen LogP) is 0.195. The van der Waals surface area contributed by atoms with E-state index in [1.165, 1.54) is 0 Å². The van der Waals surface area contributed by atoms with E-state index in [2.05, 4.69) is 11.8 Å². The first kappa shape index (κ1) is 4.45. The zero-order chi connectivity index (χ0) is 4.12. The Morgan fingerprint density at radius 1 is 2.00 bits per heavy atom. The van der Waals surface area contributed by atoms with Gasteiger partial charge < -0.3 is 4.74 Å². The molecule has 0 unspecified atom stereocenters. The van der Waals surface area contributed by atoms with E-state index < -0.39 is 0 Å². The Bertz CT molecular complexity index is 45.3. The van der Waals surface area contributed by atoms with Crippen molar-refractivity contribution in [2.45, 2.75) is 0 Å². The maximum Gasteiger partial charge on any atom is 0.134 e. The van der Waals surface area contributed by atoms with E-state index >= 15 is 0 Å². The fraction of sp³-hybridized carbons (Fsp3) is 0.333. The van der Waals surface area contributed by atoms with Crippen LogP contribution in [0.4, 0.5) is 0 Å². The van der Waals surface area contributed by atoms with Crippen LogP contribution >= 0.6 is 0 Å². The molecule has 0 aromatic rings. The Balaban J connectivity index is 2.48. The van der Waals surface area contributed by atoms with Gasteiger partial charge in [-0.1, -0.05) is 0 Å². The van der Waals surface area contributed by atoms with Crippen LogP contribution in [0.5, 0.6) is 0 Å². The number of rotatable bonds is 1. The minimum Gasteiger partial charge on any atom is -0.358 e. The molecule has 0 aromatic carbocycles. The third kappa shape index (κ3) is 3.45. The molecule has 2 heteroatoms. The minimum atomic E-state index is -0.0278. The van der Waals surface area contributed by atoms with Gasteiger partial charge in [-0.3, -0.25) is 0 Å². The van der Waals surface area contributed by atoms with Crippen LogP contribution in [0, 0.1) is 18.4 Å². The van der Waals surface area contributed by atoms with Crippen molar-refractivity contribution in [1.29, 1.82) is 5.26 Å². The molecule has 5 heavy (non-hydrogen) atoms. The molecular formula is C3H3NO. The van der Waals surface area contributed by atoms with E-state index in [9.17, 15) is 0 Å². The monoisotopic (exact) mass is 69.0 g/mol. The Morgan fingerprint density at radius 3 is 2.60 bits per heavy atom. The van der Waals surface area contributed by atoms with Crippen molar-refractivity contribution in [3.63, 3.8) is 0 Å². The van der Waals surface area contributed by atoms with E-state index in [1.807, 2.05) is 0 Å². The van der Waals surface area contributed by atoms with E-state index in [1.54, 1.807) is 6.07 Å². The molecule has 26 valence electrons. The van der Waals surface area contributed by atoms with Crippen molar-refractivity contribution in [3.05, 3.63) is 7.11 Å². The van der Waals surface area contributed by atoms with Crippen molar-refractivity contribution in [2.75, 3.05) is 6.61 Å². The SMILES string of the molecule is [CH]OCC#N. The number of nitrogens with zero attached hydrogens (tertiary/aromatic N) is 1. The summed E-state index contributed by atoms with van der Waals surface area (Å²) in [4.78, 5) is 0. The summed E-state index contributed by atoms with van der Waals surface area (Å²) in [5.74, 6) is 0. The molecule has 2 radical (unpaired) electrons. The first-order valence-corrected chi connectivity index (χ1v) is 1.10. The van der Waals surface area contributed by atoms with Crippen LogP contribution in [0.1, 0.15) is 0 Å². The maximum atomic E-state index is 7.61. The average molecular weight is 69.1 g/mol. The molecule has 0 bridgehead atoms. The quantitative estimate of drug-likeness (QED) is 0.440. The lowest BCUT2D eigenvalue weighted by molar-refractivity contribution is 0.286. The molecule has 0 atom stereocenters. The summed E-state index contributed by atoms with van der Waals surface area (Å²) in [7, 11) is 4.42. The van der Waals surface area contributed by atoms with Gasteiger partial charge in [0.25, 0.3) is 0 Å². The first-order valence-electron chi connectivity index (χ1n) is 1.10. The van der Waals surface area contributed by atoms with Crippen LogP contribution in [-0.4, -0.2) is 6.61 Å². The molecule has 0 aliphatic heterocycles. The van der Waals surface area contributed by atoms with Gasteiger partial charge in [0.05, 0.1) is 6.07 Å². The van der Waals surface area contributed by atoms with Crippen LogP contribution < -0.4 is 0 Å². The summed E-state index contributed by atoms with van der Waals surface area (Å²) < 4.78 is 3.83. The normalized spacial score (nSPS) is 6.40. The van der Waals surface area contributed by atoms with Gasteiger partial charge in [-0.2, -0.15) is 5.26 Å². The molecule has 0 heterocycles. The highest BCUT2D eigenvalue weighted by Crippen LogP contribution is 1.57. The molecule has 0 aliphatic carbocycles.